The minimum Gasteiger partial charge on any atom is -0.444 e. The fraction of sp³-hybridized carbons (Fsp3) is 0.565. The summed E-state index contributed by atoms with van der Waals surface area (Å²) in [6.45, 7) is 7.09. The molecule has 0 aliphatic carbocycles. The first-order chi connectivity index (χ1) is 14.2. The van der Waals surface area contributed by atoms with Gasteiger partial charge in [-0.1, -0.05) is 12.1 Å². The van der Waals surface area contributed by atoms with Crippen LogP contribution in [-0.2, 0) is 9.53 Å². The Morgan fingerprint density at radius 3 is 2.63 bits per heavy atom. The number of piperidine rings is 2. The van der Waals surface area contributed by atoms with Crippen LogP contribution >= 0.6 is 11.3 Å². The molecule has 0 bridgehead atoms. The number of hydrogen-bond acceptors (Lipinski definition) is 5. The van der Waals surface area contributed by atoms with E-state index in [0.29, 0.717) is 31.8 Å². The fourth-order valence-corrected chi connectivity index (χ4v) is 5.51. The van der Waals surface area contributed by atoms with Gasteiger partial charge in [0.2, 0.25) is 5.91 Å². The Balaban J connectivity index is 1.44. The van der Waals surface area contributed by atoms with Crippen LogP contribution in [0.4, 0.5) is 4.79 Å². The topological polar surface area (TPSA) is 78.9 Å². The Labute approximate surface area is 181 Å². The molecule has 2 N–H and O–H groups in total. The average Bonchev–Trinajstić information content (AvgIpc) is 3.10. The van der Waals surface area contributed by atoms with Crippen LogP contribution in [0.15, 0.2) is 23.6 Å². The molecule has 162 valence electrons. The molecule has 0 spiro atoms. The second kappa shape index (κ2) is 8.19. The zero-order valence-electron chi connectivity index (χ0n) is 17.8. The maximum absolute atomic E-state index is 12.3. The summed E-state index contributed by atoms with van der Waals surface area (Å²) in [6, 6.07) is 6.59. The van der Waals surface area contributed by atoms with Gasteiger partial charge in [-0.2, -0.15) is 0 Å². The summed E-state index contributed by atoms with van der Waals surface area (Å²) in [5.74, 6) is 0.288. The second-order valence-electron chi connectivity index (χ2n) is 9.35. The Kier molecular flexibility index (Phi) is 5.77. The number of aliphatic hydroxyl groups is 1. The summed E-state index contributed by atoms with van der Waals surface area (Å²) in [5, 5.41) is 16.2. The lowest BCUT2D eigenvalue weighted by molar-refractivity contribution is -0.127. The predicted octanol–water partition coefficient (Wildman–Crippen LogP) is 4.33. The van der Waals surface area contributed by atoms with Crippen LogP contribution in [0.3, 0.4) is 0 Å². The van der Waals surface area contributed by atoms with Crippen LogP contribution < -0.4 is 5.32 Å². The Morgan fingerprint density at radius 2 is 1.97 bits per heavy atom. The normalized spacial score (nSPS) is 23.5. The lowest BCUT2D eigenvalue weighted by atomic mass is 9.87. The fourth-order valence-electron chi connectivity index (χ4n) is 4.44. The number of aliphatic hydroxyl groups excluding tert-OH is 1. The molecule has 2 aromatic rings. The number of hydrogen-bond donors (Lipinski definition) is 2. The van der Waals surface area contributed by atoms with Crippen molar-refractivity contribution < 1.29 is 19.4 Å². The lowest BCUT2D eigenvalue weighted by Crippen LogP contribution is -2.43. The third-order valence-corrected chi connectivity index (χ3v) is 6.98. The predicted molar refractivity (Wildman–Crippen MR) is 118 cm³/mol. The molecular formula is C23H30N2O4S. The minimum atomic E-state index is -0.819. The quantitative estimate of drug-likeness (QED) is 0.743. The molecule has 0 radical (unpaired) electrons. The Hall–Kier alpha value is -2.12. The van der Waals surface area contributed by atoms with Gasteiger partial charge in [0, 0.05) is 30.1 Å². The van der Waals surface area contributed by atoms with Crippen LogP contribution in [-0.4, -0.2) is 46.9 Å². The van der Waals surface area contributed by atoms with E-state index in [1.165, 1.54) is 10.3 Å². The van der Waals surface area contributed by atoms with Crippen LogP contribution in [0.2, 0.25) is 0 Å². The summed E-state index contributed by atoms with van der Waals surface area (Å²) < 4.78 is 6.70. The molecule has 1 aromatic carbocycles. The highest BCUT2D eigenvalue weighted by Crippen LogP contribution is 2.39. The molecule has 2 aliphatic heterocycles. The van der Waals surface area contributed by atoms with Gasteiger partial charge in [0.15, 0.2) is 0 Å². The van der Waals surface area contributed by atoms with Crippen molar-refractivity contribution in [1.82, 2.24) is 10.2 Å². The standard InChI is InChI=1S/C23H30N2O4S/c1-23(2,3)29-22(28)25-10-8-14(9-11-25)15-4-5-16-18(13-30-19(16)12-15)17-6-7-20(26)24-21(17)27/h4-5,12-14,17,21,27H,6-11H2,1-3H3,(H,24,26). The average molecular weight is 431 g/mol. The van der Waals surface area contributed by atoms with Gasteiger partial charge in [-0.25, -0.2) is 4.79 Å². The number of nitrogens with one attached hydrogen (secondary N) is 1. The largest absolute Gasteiger partial charge is 0.444 e. The van der Waals surface area contributed by atoms with E-state index in [2.05, 4.69) is 28.9 Å². The van der Waals surface area contributed by atoms with E-state index in [-0.39, 0.29) is 17.9 Å². The number of rotatable bonds is 2. The molecule has 6 nitrogen and oxygen atoms in total. The first kappa shape index (κ1) is 21.1. The molecule has 7 heteroatoms. The number of amides is 2. The van der Waals surface area contributed by atoms with Gasteiger partial charge in [-0.15, -0.1) is 11.3 Å². The van der Waals surface area contributed by atoms with Crippen molar-refractivity contribution in [2.24, 2.45) is 0 Å². The molecule has 2 amide bonds. The maximum Gasteiger partial charge on any atom is 0.410 e. The molecule has 30 heavy (non-hydrogen) atoms. The van der Waals surface area contributed by atoms with Crippen LogP contribution in [0, 0.1) is 0 Å². The van der Waals surface area contributed by atoms with Gasteiger partial charge in [0.25, 0.3) is 0 Å². The zero-order chi connectivity index (χ0) is 21.5. The molecule has 1 aromatic heterocycles. The van der Waals surface area contributed by atoms with Gasteiger partial charge in [-0.3, -0.25) is 4.79 Å². The van der Waals surface area contributed by atoms with E-state index in [1.54, 1.807) is 11.3 Å². The minimum absolute atomic E-state index is 0.0561. The van der Waals surface area contributed by atoms with E-state index in [9.17, 15) is 14.7 Å². The van der Waals surface area contributed by atoms with Crippen molar-refractivity contribution >= 4 is 33.4 Å². The zero-order valence-corrected chi connectivity index (χ0v) is 18.6. The van der Waals surface area contributed by atoms with E-state index >= 15 is 0 Å². The molecule has 2 unspecified atom stereocenters. The monoisotopic (exact) mass is 430 g/mol. The number of ether oxygens (including phenoxy) is 1. The van der Waals surface area contributed by atoms with E-state index < -0.39 is 11.8 Å². The number of carbonyl (C=O) groups excluding carboxylic acids is 2. The lowest BCUT2D eigenvalue weighted by Gasteiger charge is -2.33. The van der Waals surface area contributed by atoms with Crippen molar-refractivity contribution in [2.75, 3.05) is 13.1 Å². The first-order valence-electron chi connectivity index (χ1n) is 10.7. The highest BCUT2D eigenvalue weighted by Gasteiger charge is 2.31. The number of carbonyl (C=O) groups is 2. The summed E-state index contributed by atoms with van der Waals surface area (Å²) in [6.07, 6.45) is 1.93. The highest BCUT2D eigenvalue weighted by molar-refractivity contribution is 7.17. The second-order valence-corrected chi connectivity index (χ2v) is 10.3. The smallest absolute Gasteiger partial charge is 0.410 e. The van der Waals surface area contributed by atoms with Crippen LogP contribution in [0.25, 0.3) is 10.1 Å². The molecule has 2 atom stereocenters. The third kappa shape index (κ3) is 4.47. The van der Waals surface area contributed by atoms with Gasteiger partial charge in [-0.05, 0) is 73.9 Å². The molecule has 0 saturated carbocycles. The summed E-state index contributed by atoms with van der Waals surface area (Å²) in [4.78, 5) is 25.6. The molecule has 4 rings (SSSR count). The Bertz CT molecular complexity index is 940. The van der Waals surface area contributed by atoms with Crippen molar-refractivity contribution in [3.05, 3.63) is 34.7 Å². The molecule has 2 aliphatic rings. The van der Waals surface area contributed by atoms with Crippen molar-refractivity contribution in [1.29, 1.82) is 0 Å². The summed E-state index contributed by atoms with van der Waals surface area (Å²) >= 11 is 1.69. The van der Waals surface area contributed by atoms with Crippen molar-refractivity contribution in [2.45, 2.75) is 70.1 Å². The SMILES string of the molecule is CC(C)(C)OC(=O)N1CCC(c2ccc3c(C4CCC(=O)NC4O)csc3c2)CC1. The maximum atomic E-state index is 12.3. The van der Waals surface area contributed by atoms with Crippen molar-refractivity contribution in [3.8, 4) is 0 Å². The van der Waals surface area contributed by atoms with E-state index in [0.717, 1.165) is 23.8 Å². The van der Waals surface area contributed by atoms with Gasteiger partial charge >= 0.3 is 6.09 Å². The molecule has 2 fully saturated rings. The van der Waals surface area contributed by atoms with Gasteiger partial charge in [0.1, 0.15) is 11.8 Å². The van der Waals surface area contributed by atoms with Gasteiger partial charge in [0.05, 0.1) is 0 Å². The summed E-state index contributed by atoms with van der Waals surface area (Å²) in [7, 11) is 0. The number of fused-ring (bicyclic) bond motifs is 1. The molecular weight excluding hydrogens is 400 g/mol. The number of nitrogens with zero attached hydrogens (tertiary/aromatic N) is 1. The number of likely N-dealkylation sites (tertiary alicyclic amines) is 1. The number of thiophene rings is 1. The van der Waals surface area contributed by atoms with E-state index in [1.807, 2.05) is 25.7 Å². The molecule has 2 saturated heterocycles. The van der Waals surface area contributed by atoms with Crippen LogP contribution in [0.1, 0.15) is 69.4 Å². The van der Waals surface area contributed by atoms with Crippen molar-refractivity contribution in [3.63, 3.8) is 0 Å². The van der Waals surface area contributed by atoms with Gasteiger partial charge < -0.3 is 20.1 Å². The first-order valence-corrected chi connectivity index (χ1v) is 11.6. The Morgan fingerprint density at radius 1 is 1.23 bits per heavy atom. The third-order valence-electron chi connectivity index (χ3n) is 6.02. The number of benzene rings is 1. The summed E-state index contributed by atoms with van der Waals surface area (Å²) in [5.41, 5.74) is 1.95. The highest BCUT2D eigenvalue weighted by atomic mass is 32.1. The van der Waals surface area contributed by atoms with E-state index in [4.69, 9.17) is 4.74 Å². The van der Waals surface area contributed by atoms with Crippen LogP contribution in [0.5, 0.6) is 0 Å². The molecule has 3 heterocycles.